The summed E-state index contributed by atoms with van der Waals surface area (Å²) in [6, 6.07) is 7.89. The highest BCUT2D eigenvalue weighted by Gasteiger charge is 2.31. The minimum absolute atomic E-state index is 0. The van der Waals surface area contributed by atoms with Gasteiger partial charge in [0.25, 0.3) is 0 Å². The molecule has 1 aromatic rings. The van der Waals surface area contributed by atoms with E-state index in [1.807, 2.05) is 24.3 Å². The molecule has 0 bridgehead atoms. The zero-order valence-corrected chi connectivity index (χ0v) is 14.9. The van der Waals surface area contributed by atoms with Crippen molar-refractivity contribution in [3.8, 4) is 0 Å². The van der Waals surface area contributed by atoms with Crippen molar-refractivity contribution in [1.82, 2.24) is 10.2 Å². The van der Waals surface area contributed by atoms with Crippen molar-refractivity contribution in [1.29, 1.82) is 0 Å². The highest BCUT2D eigenvalue weighted by atomic mass is 35.5. The van der Waals surface area contributed by atoms with E-state index in [0.717, 1.165) is 38.2 Å². The van der Waals surface area contributed by atoms with Crippen LogP contribution in [0.25, 0.3) is 0 Å². The molecular formula is C16H25Cl2F3N2. The number of hydrogen-bond acceptors (Lipinski definition) is 2. The Morgan fingerprint density at radius 3 is 2.13 bits per heavy atom. The number of halogens is 5. The summed E-state index contributed by atoms with van der Waals surface area (Å²) in [7, 11) is 0. The number of rotatable bonds is 5. The van der Waals surface area contributed by atoms with E-state index in [9.17, 15) is 13.2 Å². The average molecular weight is 373 g/mol. The van der Waals surface area contributed by atoms with Crippen LogP contribution in [0.3, 0.4) is 0 Å². The van der Waals surface area contributed by atoms with Crippen molar-refractivity contribution in [2.45, 2.75) is 38.4 Å². The van der Waals surface area contributed by atoms with Gasteiger partial charge in [0.2, 0.25) is 0 Å². The maximum atomic E-state index is 12.6. The molecule has 1 heterocycles. The first-order valence-electron chi connectivity index (χ1n) is 7.60. The third-order valence-corrected chi connectivity index (χ3v) is 4.07. The molecule has 1 N–H and O–H groups in total. The smallest absolute Gasteiger partial charge is 0.314 e. The second-order valence-corrected chi connectivity index (χ2v) is 5.55. The molecule has 1 aromatic carbocycles. The number of hydrogen-bond donors (Lipinski definition) is 1. The van der Waals surface area contributed by atoms with Crippen LogP contribution in [-0.2, 0) is 6.42 Å². The van der Waals surface area contributed by atoms with Crippen LogP contribution in [0.2, 0.25) is 0 Å². The molecular weight excluding hydrogens is 348 g/mol. The molecule has 0 spiro atoms. The van der Waals surface area contributed by atoms with Crippen LogP contribution >= 0.6 is 24.8 Å². The van der Waals surface area contributed by atoms with Gasteiger partial charge in [0.1, 0.15) is 0 Å². The molecule has 1 aliphatic rings. The predicted octanol–water partition coefficient (Wildman–Crippen LogP) is 4.38. The molecule has 0 aromatic heterocycles. The Balaban J connectivity index is 0.00000242. The summed E-state index contributed by atoms with van der Waals surface area (Å²) in [5.74, 6) is 0. The van der Waals surface area contributed by atoms with E-state index in [4.69, 9.17) is 0 Å². The molecule has 0 radical (unpaired) electrons. The molecule has 1 aliphatic heterocycles. The van der Waals surface area contributed by atoms with Gasteiger partial charge in [-0.1, -0.05) is 31.2 Å². The van der Waals surface area contributed by atoms with Crippen molar-refractivity contribution in [3.63, 3.8) is 0 Å². The predicted molar refractivity (Wildman–Crippen MR) is 92.8 cm³/mol. The minimum Gasteiger partial charge on any atom is -0.314 e. The Morgan fingerprint density at radius 1 is 1.09 bits per heavy atom. The van der Waals surface area contributed by atoms with E-state index in [1.54, 1.807) is 0 Å². The maximum Gasteiger partial charge on any atom is 0.389 e. The summed E-state index contributed by atoms with van der Waals surface area (Å²) in [4.78, 5) is 2.17. The van der Waals surface area contributed by atoms with Crippen LogP contribution in [-0.4, -0.2) is 37.3 Å². The Hall–Kier alpha value is -0.490. The van der Waals surface area contributed by atoms with Gasteiger partial charge in [0, 0.05) is 38.6 Å². The van der Waals surface area contributed by atoms with E-state index in [0.29, 0.717) is 0 Å². The van der Waals surface area contributed by atoms with E-state index >= 15 is 0 Å². The van der Waals surface area contributed by atoms with E-state index in [2.05, 4.69) is 17.1 Å². The number of nitrogens with one attached hydrogen (secondary N) is 1. The Bertz CT molecular complexity index is 432. The number of nitrogens with zero attached hydrogens (tertiary/aromatic N) is 1. The fraction of sp³-hybridized carbons (Fsp3) is 0.625. The quantitative estimate of drug-likeness (QED) is 0.824. The standard InChI is InChI=1S/C16H23F3N2.2ClH/c1-2-13-3-5-14(6-4-13)15(7-8-16(17,18)19)21-11-9-20-10-12-21;;/h3-6,15,20H,2,7-12H2,1H3;2*1H/t15-;;/m1../s1. The Labute approximate surface area is 148 Å². The van der Waals surface area contributed by atoms with Crippen LogP contribution in [0.4, 0.5) is 13.2 Å². The summed E-state index contributed by atoms with van der Waals surface area (Å²) < 4.78 is 37.8. The zero-order valence-electron chi connectivity index (χ0n) is 13.2. The van der Waals surface area contributed by atoms with Crippen LogP contribution in [0.5, 0.6) is 0 Å². The zero-order chi connectivity index (χ0) is 15.3. The van der Waals surface area contributed by atoms with Gasteiger partial charge < -0.3 is 5.32 Å². The lowest BCUT2D eigenvalue weighted by Gasteiger charge is -2.35. The van der Waals surface area contributed by atoms with Gasteiger partial charge in [0.15, 0.2) is 0 Å². The lowest BCUT2D eigenvalue weighted by molar-refractivity contribution is -0.138. The number of aryl methyl sites for hydroxylation is 1. The number of piperazine rings is 1. The normalized spacial score (nSPS) is 17.0. The molecule has 0 unspecified atom stereocenters. The number of benzene rings is 1. The van der Waals surface area contributed by atoms with Crippen LogP contribution in [0.15, 0.2) is 24.3 Å². The Kier molecular flexibility index (Phi) is 10.2. The summed E-state index contributed by atoms with van der Waals surface area (Å²) in [5.41, 5.74) is 2.21. The highest BCUT2D eigenvalue weighted by molar-refractivity contribution is 5.85. The second kappa shape index (κ2) is 10.4. The van der Waals surface area contributed by atoms with Crippen molar-refractivity contribution in [2.75, 3.05) is 26.2 Å². The third kappa shape index (κ3) is 7.29. The summed E-state index contributed by atoms with van der Waals surface area (Å²) in [6.45, 7) is 5.37. The molecule has 0 amide bonds. The largest absolute Gasteiger partial charge is 0.389 e. The molecule has 1 atom stereocenters. The summed E-state index contributed by atoms with van der Waals surface area (Å²) >= 11 is 0. The summed E-state index contributed by atoms with van der Waals surface area (Å²) in [6.07, 6.45) is -3.73. The van der Waals surface area contributed by atoms with Crippen molar-refractivity contribution >= 4 is 24.8 Å². The molecule has 134 valence electrons. The second-order valence-electron chi connectivity index (χ2n) is 5.55. The van der Waals surface area contributed by atoms with Crippen molar-refractivity contribution < 1.29 is 13.2 Å². The van der Waals surface area contributed by atoms with E-state index in [1.165, 1.54) is 5.56 Å². The maximum absolute atomic E-state index is 12.6. The van der Waals surface area contributed by atoms with Crippen molar-refractivity contribution in [2.24, 2.45) is 0 Å². The SMILES string of the molecule is CCc1ccc([C@@H](CCC(F)(F)F)N2CCNCC2)cc1.Cl.Cl. The molecule has 7 heteroatoms. The van der Waals surface area contributed by atoms with Gasteiger partial charge >= 0.3 is 6.18 Å². The molecule has 0 saturated carbocycles. The lowest BCUT2D eigenvalue weighted by atomic mass is 9.97. The molecule has 2 nitrogen and oxygen atoms in total. The average Bonchev–Trinajstić information content (AvgIpc) is 2.48. The van der Waals surface area contributed by atoms with Crippen LogP contribution in [0.1, 0.15) is 36.9 Å². The monoisotopic (exact) mass is 372 g/mol. The van der Waals surface area contributed by atoms with Gasteiger partial charge in [-0.25, -0.2) is 0 Å². The Morgan fingerprint density at radius 2 is 1.65 bits per heavy atom. The highest BCUT2D eigenvalue weighted by Crippen LogP contribution is 2.31. The minimum atomic E-state index is -4.09. The van der Waals surface area contributed by atoms with Crippen LogP contribution < -0.4 is 5.32 Å². The van der Waals surface area contributed by atoms with E-state index < -0.39 is 12.6 Å². The third-order valence-electron chi connectivity index (χ3n) is 4.07. The van der Waals surface area contributed by atoms with Gasteiger partial charge in [-0.05, 0) is 24.0 Å². The molecule has 2 rings (SSSR count). The molecule has 1 saturated heterocycles. The lowest BCUT2D eigenvalue weighted by Crippen LogP contribution is -2.45. The number of alkyl halides is 3. The van der Waals surface area contributed by atoms with Gasteiger partial charge in [-0.2, -0.15) is 13.2 Å². The van der Waals surface area contributed by atoms with Crippen molar-refractivity contribution in [3.05, 3.63) is 35.4 Å². The first kappa shape index (κ1) is 22.5. The topological polar surface area (TPSA) is 15.3 Å². The van der Waals surface area contributed by atoms with Crippen LogP contribution in [0, 0.1) is 0 Å². The molecule has 23 heavy (non-hydrogen) atoms. The summed E-state index contributed by atoms with van der Waals surface area (Å²) in [5, 5.41) is 3.25. The molecule has 1 fully saturated rings. The van der Waals surface area contributed by atoms with E-state index in [-0.39, 0.29) is 37.3 Å². The first-order chi connectivity index (χ1) is 9.99. The molecule has 0 aliphatic carbocycles. The fourth-order valence-electron chi connectivity index (χ4n) is 2.83. The van der Waals surface area contributed by atoms with Gasteiger partial charge in [0.05, 0.1) is 0 Å². The first-order valence-corrected chi connectivity index (χ1v) is 7.60. The van der Waals surface area contributed by atoms with Gasteiger partial charge in [-0.3, -0.25) is 4.90 Å². The van der Waals surface area contributed by atoms with Gasteiger partial charge in [-0.15, -0.1) is 24.8 Å². The fourth-order valence-corrected chi connectivity index (χ4v) is 2.83.